The first kappa shape index (κ1) is 13.6. The molecule has 0 spiro atoms. The van der Waals surface area contributed by atoms with E-state index in [-0.39, 0.29) is 6.10 Å². The summed E-state index contributed by atoms with van der Waals surface area (Å²) in [5, 5.41) is 3.18. The number of ether oxygens (including phenoxy) is 1. The molecule has 2 aromatic rings. The van der Waals surface area contributed by atoms with Gasteiger partial charge in [-0.3, -0.25) is 0 Å². The van der Waals surface area contributed by atoms with E-state index in [0.29, 0.717) is 0 Å². The minimum atomic E-state index is 0.0938. The highest BCUT2D eigenvalue weighted by atomic mass is 16.5. The lowest BCUT2D eigenvalue weighted by Gasteiger charge is -2.19. The molecule has 0 aliphatic heterocycles. The van der Waals surface area contributed by atoms with Crippen molar-refractivity contribution in [2.75, 3.05) is 13.6 Å². The molecule has 2 aromatic carbocycles. The third kappa shape index (κ3) is 4.11. The summed E-state index contributed by atoms with van der Waals surface area (Å²) < 4.78 is 6.12. The van der Waals surface area contributed by atoms with Crippen LogP contribution in [0.2, 0.25) is 0 Å². The van der Waals surface area contributed by atoms with Gasteiger partial charge in [0.25, 0.3) is 0 Å². The molecule has 2 nitrogen and oxygen atoms in total. The van der Waals surface area contributed by atoms with E-state index in [0.717, 1.165) is 18.7 Å². The SMILES string of the molecule is CNCCC(Oc1ccc(C)cc1)c1ccccc1. The fourth-order valence-electron chi connectivity index (χ4n) is 2.02. The number of hydrogen-bond acceptors (Lipinski definition) is 2. The molecule has 2 rings (SSSR count). The lowest BCUT2D eigenvalue weighted by molar-refractivity contribution is 0.195. The van der Waals surface area contributed by atoms with Crippen molar-refractivity contribution in [2.24, 2.45) is 0 Å². The molecule has 0 aliphatic rings. The second-order valence-corrected chi connectivity index (χ2v) is 4.72. The first-order valence-corrected chi connectivity index (χ1v) is 6.72. The predicted octanol–water partition coefficient (Wildman–Crippen LogP) is 3.72. The molecule has 0 radical (unpaired) electrons. The summed E-state index contributed by atoms with van der Waals surface area (Å²) in [6, 6.07) is 18.6. The molecule has 0 amide bonds. The Bertz CT molecular complexity index is 478. The average molecular weight is 255 g/mol. The molecule has 0 bridgehead atoms. The molecular weight excluding hydrogens is 234 g/mol. The van der Waals surface area contributed by atoms with Crippen LogP contribution in [0.4, 0.5) is 0 Å². The van der Waals surface area contributed by atoms with Crippen LogP contribution in [0.25, 0.3) is 0 Å². The summed E-state index contributed by atoms with van der Waals surface area (Å²) in [7, 11) is 1.97. The second-order valence-electron chi connectivity index (χ2n) is 4.72. The first-order valence-electron chi connectivity index (χ1n) is 6.72. The topological polar surface area (TPSA) is 21.3 Å². The van der Waals surface area contributed by atoms with E-state index in [1.807, 2.05) is 25.2 Å². The smallest absolute Gasteiger partial charge is 0.125 e. The zero-order valence-corrected chi connectivity index (χ0v) is 11.6. The minimum absolute atomic E-state index is 0.0938. The highest BCUT2D eigenvalue weighted by Crippen LogP contribution is 2.24. The molecule has 1 unspecified atom stereocenters. The molecular formula is C17H21NO. The van der Waals surface area contributed by atoms with Gasteiger partial charge in [-0.15, -0.1) is 0 Å². The Morgan fingerprint density at radius 1 is 1.00 bits per heavy atom. The summed E-state index contributed by atoms with van der Waals surface area (Å²) in [4.78, 5) is 0. The van der Waals surface area contributed by atoms with Crippen LogP contribution in [0, 0.1) is 6.92 Å². The quantitative estimate of drug-likeness (QED) is 0.849. The Morgan fingerprint density at radius 3 is 2.32 bits per heavy atom. The van der Waals surface area contributed by atoms with Gasteiger partial charge in [-0.25, -0.2) is 0 Å². The maximum absolute atomic E-state index is 6.12. The Kier molecular flexibility index (Phi) is 4.99. The number of benzene rings is 2. The normalized spacial score (nSPS) is 12.1. The van der Waals surface area contributed by atoms with E-state index in [9.17, 15) is 0 Å². The van der Waals surface area contributed by atoms with Crippen molar-refractivity contribution in [3.05, 3.63) is 65.7 Å². The molecule has 0 fully saturated rings. The van der Waals surface area contributed by atoms with E-state index < -0.39 is 0 Å². The monoisotopic (exact) mass is 255 g/mol. The van der Waals surface area contributed by atoms with Crippen molar-refractivity contribution in [3.8, 4) is 5.75 Å². The van der Waals surface area contributed by atoms with Crippen LogP contribution < -0.4 is 10.1 Å². The van der Waals surface area contributed by atoms with Crippen molar-refractivity contribution in [1.29, 1.82) is 0 Å². The van der Waals surface area contributed by atoms with Crippen LogP contribution in [0.1, 0.15) is 23.7 Å². The molecule has 0 saturated heterocycles. The zero-order chi connectivity index (χ0) is 13.5. The van der Waals surface area contributed by atoms with E-state index >= 15 is 0 Å². The summed E-state index contributed by atoms with van der Waals surface area (Å²) in [5.41, 5.74) is 2.47. The highest BCUT2D eigenvalue weighted by Gasteiger charge is 2.12. The van der Waals surface area contributed by atoms with Gasteiger partial charge in [0.15, 0.2) is 0 Å². The van der Waals surface area contributed by atoms with Crippen LogP contribution in [-0.4, -0.2) is 13.6 Å². The third-order valence-electron chi connectivity index (χ3n) is 3.13. The van der Waals surface area contributed by atoms with Gasteiger partial charge < -0.3 is 10.1 Å². The fraction of sp³-hybridized carbons (Fsp3) is 0.294. The van der Waals surface area contributed by atoms with Crippen LogP contribution >= 0.6 is 0 Å². The summed E-state index contributed by atoms with van der Waals surface area (Å²) >= 11 is 0. The zero-order valence-electron chi connectivity index (χ0n) is 11.6. The van der Waals surface area contributed by atoms with E-state index in [4.69, 9.17) is 4.74 Å². The van der Waals surface area contributed by atoms with Crippen molar-refractivity contribution < 1.29 is 4.74 Å². The van der Waals surface area contributed by atoms with Gasteiger partial charge >= 0.3 is 0 Å². The maximum Gasteiger partial charge on any atom is 0.125 e. The summed E-state index contributed by atoms with van der Waals surface area (Å²) in [5.74, 6) is 0.926. The number of rotatable bonds is 6. The minimum Gasteiger partial charge on any atom is -0.486 e. The summed E-state index contributed by atoms with van der Waals surface area (Å²) in [6.07, 6.45) is 1.05. The van der Waals surface area contributed by atoms with Gasteiger partial charge in [-0.2, -0.15) is 0 Å². The lowest BCUT2D eigenvalue weighted by Crippen LogP contribution is -2.16. The van der Waals surface area contributed by atoms with Gasteiger partial charge in [0.2, 0.25) is 0 Å². The van der Waals surface area contributed by atoms with Crippen molar-refractivity contribution in [1.82, 2.24) is 5.32 Å². The Labute approximate surface area is 115 Å². The Hall–Kier alpha value is -1.80. The standard InChI is InChI=1S/C17H21NO/c1-14-8-10-16(11-9-14)19-17(12-13-18-2)15-6-4-3-5-7-15/h3-11,17-18H,12-13H2,1-2H3. The van der Waals surface area contributed by atoms with E-state index in [1.165, 1.54) is 11.1 Å². The summed E-state index contributed by atoms with van der Waals surface area (Å²) in [6.45, 7) is 3.02. The van der Waals surface area contributed by atoms with E-state index in [1.54, 1.807) is 0 Å². The number of hydrogen-bond donors (Lipinski definition) is 1. The van der Waals surface area contributed by atoms with Crippen LogP contribution in [0.3, 0.4) is 0 Å². The maximum atomic E-state index is 6.12. The van der Waals surface area contributed by atoms with Crippen LogP contribution in [-0.2, 0) is 0 Å². The number of nitrogens with one attached hydrogen (secondary N) is 1. The average Bonchev–Trinajstić information content (AvgIpc) is 2.46. The number of aryl methyl sites for hydroxylation is 1. The molecule has 19 heavy (non-hydrogen) atoms. The highest BCUT2D eigenvalue weighted by molar-refractivity contribution is 5.28. The van der Waals surface area contributed by atoms with Gasteiger partial charge in [0.1, 0.15) is 11.9 Å². The van der Waals surface area contributed by atoms with Gasteiger partial charge in [0.05, 0.1) is 0 Å². The van der Waals surface area contributed by atoms with Crippen molar-refractivity contribution in [2.45, 2.75) is 19.4 Å². The fourth-order valence-corrected chi connectivity index (χ4v) is 2.02. The van der Waals surface area contributed by atoms with Crippen LogP contribution in [0.5, 0.6) is 5.75 Å². The second kappa shape index (κ2) is 6.95. The molecule has 2 heteroatoms. The molecule has 1 N–H and O–H groups in total. The Morgan fingerprint density at radius 2 is 1.68 bits per heavy atom. The molecule has 100 valence electrons. The van der Waals surface area contributed by atoms with Gasteiger partial charge in [0, 0.05) is 6.42 Å². The van der Waals surface area contributed by atoms with Crippen molar-refractivity contribution in [3.63, 3.8) is 0 Å². The largest absolute Gasteiger partial charge is 0.486 e. The molecule has 0 aromatic heterocycles. The van der Waals surface area contributed by atoms with Crippen LogP contribution in [0.15, 0.2) is 54.6 Å². The van der Waals surface area contributed by atoms with Crippen molar-refractivity contribution >= 4 is 0 Å². The molecule has 0 heterocycles. The van der Waals surface area contributed by atoms with E-state index in [2.05, 4.69) is 48.6 Å². The van der Waals surface area contributed by atoms with Gasteiger partial charge in [-0.1, -0.05) is 48.0 Å². The molecule has 0 saturated carbocycles. The first-order chi connectivity index (χ1) is 9.29. The lowest BCUT2D eigenvalue weighted by atomic mass is 10.1. The Balaban J connectivity index is 2.11. The van der Waals surface area contributed by atoms with Gasteiger partial charge in [-0.05, 0) is 38.2 Å². The third-order valence-corrected chi connectivity index (χ3v) is 3.13. The molecule has 1 atom stereocenters. The molecule has 0 aliphatic carbocycles. The predicted molar refractivity (Wildman–Crippen MR) is 79.5 cm³/mol.